The number of alkyl carbamates (subject to hydrolysis) is 3. The van der Waals surface area contributed by atoms with Crippen LogP contribution in [0, 0.1) is 37.4 Å². The van der Waals surface area contributed by atoms with E-state index in [1.807, 2.05) is 164 Å². The average Bonchev–Trinajstić information content (AvgIpc) is 1.76. The van der Waals surface area contributed by atoms with Gasteiger partial charge in [0.05, 0.1) is 37.6 Å². The van der Waals surface area contributed by atoms with Crippen LogP contribution in [0.25, 0.3) is 38.6 Å². The first-order valence-corrected chi connectivity index (χ1v) is 39.2. The van der Waals surface area contributed by atoms with Crippen LogP contribution in [0.2, 0.25) is 0 Å². The number of Topliss-reactive ketones (excluding diaryl/α,β-unsaturated/α-hetero) is 3. The van der Waals surface area contributed by atoms with Gasteiger partial charge >= 0.3 is 37.8 Å². The third-order valence-corrected chi connectivity index (χ3v) is 19.6. The van der Waals surface area contributed by atoms with E-state index in [1.54, 1.807) is 60.5 Å². The SMILES string of the molecule is CC(=O)c1[nH]nc(-c2ccc(Oc3ccccn3)cc2)c1I.CC(=O)c1c(I)c(-c2ccc(Oc3ccccn3)cc2)nn1C1CCC(NC(=O)OC(C)(C)C)CC1.CC(C)(C)OC(=O)NC1CCC(O)CC1.[C-]#N.[C-]#N.[C-]#[N+]c1c(-c2ccc(Oc3ccccn3)cc2)nn(C2CCC(NC(=O)OC(C)(C)C)CC2)c1C(C)=O.[Zn+2]. The second-order valence-corrected chi connectivity index (χ2v) is 32.0. The number of halogens is 2. The van der Waals surface area contributed by atoms with Gasteiger partial charge < -0.3 is 73.1 Å². The van der Waals surface area contributed by atoms with Crippen molar-refractivity contribution in [3.05, 3.63) is 195 Å². The van der Waals surface area contributed by atoms with Gasteiger partial charge in [-0.2, -0.15) is 15.3 Å². The normalized spacial score (nSPS) is 16.8. The Morgan fingerprint density at radius 3 is 1.09 bits per heavy atom. The van der Waals surface area contributed by atoms with E-state index in [2.05, 4.69) is 91.1 Å². The number of nitrogens with one attached hydrogen (secondary N) is 4. The molecule has 3 amide bonds. The molecule has 115 heavy (non-hydrogen) atoms. The number of H-pyrrole nitrogens is 1. The number of benzene rings is 3. The molecule has 31 heteroatoms. The van der Waals surface area contributed by atoms with Crippen LogP contribution in [0.4, 0.5) is 20.1 Å². The van der Waals surface area contributed by atoms with Crippen molar-refractivity contribution in [1.82, 2.24) is 60.7 Å². The summed E-state index contributed by atoms with van der Waals surface area (Å²) in [6.45, 7) is 38.4. The fourth-order valence-corrected chi connectivity index (χ4v) is 14.4. The summed E-state index contributed by atoms with van der Waals surface area (Å²) >= 11 is 4.34. The molecule has 9 aromatic rings. The van der Waals surface area contributed by atoms with Crippen LogP contribution >= 0.6 is 45.2 Å². The number of pyridine rings is 3. The van der Waals surface area contributed by atoms with Gasteiger partial charge in [0.1, 0.15) is 62.5 Å². The molecule has 3 aliphatic carbocycles. The Bertz CT molecular complexity index is 4720. The Balaban J connectivity index is 0.000000246. The van der Waals surface area contributed by atoms with Crippen LogP contribution in [0.15, 0.2) is 146 Å². The van der Waals surface area contributed by atoms with Crippen molar-refractivity contribution >= 4 is 86.5 Å². The molecule has 6 heterocycles. The smallest absolute Gasteiger partial charge is 0.512 e. The third-order valence-electron chi connectivity index (χ3n) is 17.5. The molecule has 6 aromatic heterocycles. The van der Waals surface area contributed by atoms with Crippen LogP contribution in [0.3, 0.4) is 0 Å². The number of aliphatic hydroxyl groups excluding tert-OH is 1. The summed E-state index contributed by atoms with van der Waals surface area (Å²) in [5.74, 6) is 3.29. The van der Waals surface area contributed by atoms with Crippen LogP contribution in [-0.2, 0) is 33.7 Å². The Kier molecular flexibility index (Phi) is 36.0. The summed E-state index contributed by atoms with van der Waals surface area (Å²) in [7, 11) is 0. The van der Waals surface area contributed by atoms with Crippen molar-refractivity contribution in [1.29, 1.82) is 10.5 Å². The summed E-state index contributed by atoms with van der Waals surface area (Å²) < 4.78 is 38.4. The zero-order chi connectivity index (χ0) is 83.5. The first-order chi connectivity index (χ1) is 54.3. The van der Waals surface area contributed by atoms with E-state index in [9.17, 15) is 33.9 Å². The molecule has 3 fully saturated rings. The second kappa shape index (κ2) is 44.4. The van der Waals surface area contributed by atoms with Crippen LogP contribution in [-0.4, -0.2) is 126 Å². The number of ether oxygens (including phenoxy) is 6. The van der Waals surface area contributed by atoms with E-state index in [0.717, 1.165) is 112 Å². The predicted molar refractivity (Wildman–Crippen MR) is 443 cm³/mol. The number of nitrogens with zero attached hydrogens (tertiary/aromatic N) is 11. The number of rotatable bonds is 17. The van der Waals surface area contributed by atoms with Gasteiger partial charge in [-0.3, -0.25) is 28.8 Å². The van der Waals surface area contributed by atoms with Crippen molar-refractivity contribution < 1.29 is 81.8 Å². The summed E-state index contributed by atoms with van der Waals surface area (Å²) in [5.41, 5.74) is 4.77. The fourth-order valence-electron chi connectivity index (χ4n) is 12.4. The quantitative estimate of drug-likeness (QED) is 0.0186. The topological polar surface area (TPSA) is 369 Å². The van der Waals surface area contributed by atoms with E-state index in [4.69, 9.17) is 68.9 Å². The number of carbonyl (C=O) groups is 6. The van der Waals surface area contributed by atoms with Gasteiger partial charge in [0.15, 0.2) is 17.3 Å². The van der Waals surface area contributed by atoms with Crippen molar-refractivity contribution in [2.24, 2.45) is 0 Å². The number of carbonyl (C=O) groups excluding carboxylic acids is 6. The molecular weight excluding hydrogens is 1750 g/mol. The number of hydrogen-bond acceptors (Lipinski definition) is 21. The first-order valence-electron chi connectivity index (χ1n) is 37.0. The molecule has 12 rings (SSSR count). The number of hydrogen-bond donors (Lipinski definition) is 5. The molecule has 0 saturated heterocycles. The third kappa shape index (κ3) is 29.1. The Hall–Kier alpha value is -10.5. The number of aliphatic hydroxyl groups is 1. The van der Waals surface area contributed by atoms with E-state index in [-0.39, 0.29) is 91.0 Å². The average molecular weight is 1840 g/mol. The number of aromatic nitrogens is 9. The van der Waals surface area contributed by atoms with E-state index in [1.165, 1.54) is 13.8 Å². The Morgan fingerprint density at radius 2 is 0.783 bits per heavy atom. The first kappa shape index (κ1) is 93.3. The zero-order valence-electron chi connectivity index (χ0n) is 66.5. The molecule has 0 spiro atoms. The molecule has 3 saturated carbocycles. The maximum Gasteiger partial charge on any atom is 2.00 e. The standard InChI is InChI=1S/C28H31N5O4.C27H31IN4O4.C16H12IN3O2.C11H21NO3.2CN.Zn/c1-18(34)26-25(29-5)24(19-9-15-22(16-10-19)36-23-8-6-7-17-30-23)32-33(26)21-13-11-20(12-14-21)31-27(35)37-28(2,3)4;1-17(33)25-23(28)24(18-8-14-21(15-9-18)35-22-7-5-6-16-29-22)31-32(25)20-12-10-19(11-13-20)30-26(34)36-27(2,3)4;1-10(21)15-14(17)16(20-19-15)11-5-7-12(8-6-11)22-13-4-2-3-9-18-13;1-11(2,3)15-10(14)12-8-4-6-9(13)7-5-8;2*1-2;/h6-10,15-17,20-21H,11-14H2,1-4H3,(H,31,35);5-9,14-16,19-20H,10-13H2,1-4H3,(H,30,34);2-9H,1H3,(H,19,20);8-9,13H,4-7H2,1-3H3,(H,12,14);;;/q;;;;2*-1;+2. The predicted octanol–water partition coefficient (Wildman–Crippen LogP) is 19.1. The summed E-state index contributed by atoms with van der Waals surface area (Å²) in [6.07, 6.45) is 13.0. The molecular formula is C84H95I2N15O13Zn. The largest absolute Gasteiger partial charge is 2.00 e. The van der Waals surface area contributed by atoms with Gasteiger partial charge in [-0.05, 0) is 276 Å². The maximum absolute atomic E-state index is 12.6. The molecule has 5 N–H and O–H groups in total. The van der Waals surface area contributed by atoms with Crippen LogP contribution in [0.5, 0.6) is 34.9 Å². The van der Waals surface area contributed by atoms with Crippen LogP contribution in [0.1, 0.15) is 204 Å². The van der Waals surface area contributed by atoms with E-state index >= 15 is 0 Å². The molecule has 600 valence electrons. The molecule has 0 unspecified atom stereocenters. The van der Waals surface area contributed by atoms with Crippen molar-refractivity contribution in [2.45, 2.75) is 213 Å². The minimum Gasteiger partial charge on any atom is -0.512 e. The number of aromatic amines is 1. The summed E-state index contributed by atoms with van der Waals surface area (Å²) in [5, 5.41) is 47.2. The fraction of sp³-hybridized carbons (Fsp3) is 0.393. The molecule has 0 bridgehead atoms. The minimum absolute atomic E-state index is 0. The summed E-state index contributed by atoms with van der Waals surface area (Å²) in [6, 6.07) is 39.1. The van der Waals surface area contributed by atoms with Gasteiger partial charge in [-0.1, -0.05) is 30.3 Å². The van der Waals surface area contributed by atoms with Gasteiger partial charge in [0, 0.05) is 79.9 Å². The monoisotopic (exact) mass is 1840 g/mol. The van der Waals surface area contributed by atoms with E-state index in [0.29, 0.717) is 57.7 Å². The zero-order valence-corrected chi connectivity index (χ0v) is 73.8. The molecule has 0 aliphatic heterocycles. The molecule has 3 aromatic carbocycles. The van der Waals surface area contributed by atoms with Gasteiger partial charge in [-0.25, -0.2) is 34.2 Å². The second-order valence-electron chi connectivity index (χ2n) is 29.8. The van der Waals surface area contributed by atoms with Crippen molar-refractivity contribution in [3.63, 3.8) is 0 Å². The minimum atomic E-state index is -0.554. The molecule has 28 nitrogen and oxygen atoms in total. The maximum atomic E-state index is 12.6. The van der Waals surface area contributed by atoms with Crippen molar-refractivity contribution in [3.8, 4) is 68.7 Å². The van der Waals surface area contributed by atoms with Crippen molar-refractivity contribution in [2.75, 3.05) is 0 Å². The Labute approximate surface area is 710 Å². The van der Waals surface area contributed by atoms with Gasteiger partial charge in [-0.15, -0.1) is 0 Å². The Morgan fingerprint density at radius 1 is 0.461 bits per heavy atom. The number of ketones is 3. The van der Waals surface area contributed by atoms with Gasteiger partial charge in [0.25, 0.3) is 0 Å². The van der Waals surface area contributed by atoms with E-state index < -0.39 is 22.9 Å². The number of amides is 3. The molecule has 0 atom stereocenters. The molecule has 3 aliphatic rings. The van der Waals surface area contributed by atoms with Gasteiger partial charge in [0.2, 0.25) is 23.3 Å². The summed E-state index contributed by atoms with van der Waals surface area (Å²) in [4.78, 5) is 88.6. The molecule has 0 radical (unpaired) electrons. The van der Waals surface area contributed by atoms with Crippen LogP contribution < -0.4 is 30.2 Å².